The first-order valence-electron chi connectivity index (χ1n) is 6.60. The molecule has 1 aromatic rings. The largest absolute Gasteiger partial charge is 0.377 e. The Labute approximate surface area is 112 Å². The Hall–Kier alpha value is -1.40. The number of hydrogen-bond acceptors (Lipinski definition) is 4. The van der Waals surface area contributed by atoms with Gasteiger partial charge in [-0.1, -0.05) is 0 Å². The number of methoxy groups -OCH3 is 1. The first kappa shape index (κ1) is 12.6. The Morgan fingerprint density at radius 3 is 3.05 bits per heavy atom. The number of aromatic nitrogens is 2. The lowest BCUT2D eigenvalue weighted by Crippen LogP contribution is -2.42. The van der Waals surface area contributed by atoms with E-state index in [2.05, 4.69) is 5.10 Å². The van der Waals surface area contributed by atoms with Crippen LogP contribution in [0, 0.1) is 0 Å². The van der Waals surface area contributed by atoms with Gasteiger partial charge in [0.25, 0.3) is 5.91 Å². The molecule has 0 N–H and O–H groups in total. The molecule has 19 heavy (non-hydrogen) atoms. The number of aryl methyl sites for hydroxylation is 1. The van der Waals surface area contributed by atoms with Crippen molar-refractivity contribution in [3.8, 4) is 0 Å². The quantitative estimate of drug-likeness (QED) is 0.778. The average molecular weight is 265 g/mol. The highest BCUT2D eigenvalue weighted by Gasteiger charge is 2.51. The highest BCUT2D eigenvalue weighted by Crippen LogP contribution is 2.37. The van der Waals surface area contributed by atoms with Gasteiger partial charge in [0.2, 0.25) is 0 Å². The molecule has 0 saturated carbocycles. The van der Waals surface area contributed by atoms with Crippen LogP contribution in [0.15, 0.2) is 12.3 Å². The highest BCUT2D eigenvalue weighted by atomic mass is 16.6. The first-order chi connectivity index (χ1) is 9.16. The summed E-state index contributed by atoms with van der Waals surface area (Å²) in [5, 5.41) is 4.04. The van der Waals surface area contributed by atoms with Gasteiger partial charge < -0.3 is 14.4 Å². The van der Waals surface area contributed by atoms with Gasteiger partial charge in [0.05, 0.1) is 13.1 Å². The van der Waals surface area contributed by atoms with E-state index in [1.165, 1.54) is 0 Å². The Morgan fingerprint density at radius 2 is 2.47 bits per heavy atom. The van der Waals surface area contributed by atoms with Gasteiger partial charge in [-0.2, -0.15) is 5.10 Å². The van der Waals surface area contributed by atoms with Crippen LogP contribution in [0.3, 0.4) is 0 Å². The van der Waals surface area contributed by atoms with Gasteiger partial charge >= 0.3 is 0 Å². The number of rotatable bonds is 2. The van der Waals surface area contributed by atoms with Gasteiger partial charge in [0.1, 0.15) is 17.4 Å². The third kappa shape index (κ3) is 1.95. The molecule has 104 valence electrons. The fourth-order valence-corrected chi connectivity index (χ4v) is 3.14. The molecule has 6 heteroatoms. The lowest BCUT2D eigenvalue weighted by molar-refractivity contribution is -0.0755. The molecule has 2 saturated heterocycles. The van der Waals surface area contributed by atoms with E-state index in [0.29, 0.717) is 18.8 Å². The topological polar surface area (TPSA) is 56.6 Å². The number of hydrogen-bond donors (Lipinski definition) is 0. The van der Waals surface area contributed by atoms with Crippen LogP contribution in [-0.4, -0.2) is 59.1 Å². The lowest BCUT2D eigenvalue weighted by Gasteiger charge is -2.27. The molecule has 6 nitrogen and oxygen atoms in total. The van der Waals surface area contributed by atoms with Gasteiger partial charge in [0.15, 0.2) is 0 Å². The summed E-state index contributed by atoms with van der Waals surface area (Å²) < 4.78 is 13.0. The SMILES string of the molecule is CO[C@H]1CN(C(=O)c2ccnn2C)C[C@@]12CCCO2. The second-order valence-corrected chi connectivity index (χ2v) is 5.27. The minimum Gasteiger partial charge on any atom is -0.377 e. The molecule has 3 rings (SSSR count). The van der Waals surface area contributed by atoms with Crippen LogP contribution in [0.25, 0.3) is 0 Å². The summed E-state index contributed by atoms with van der Waals surface area (Å²) in [6.07, 6.45) is 3.60. The third-order valence-corrected chi connectivity index (χ3v) is 4.18. The summed E-state index contributed by atoms with van der Waals surface area (Å²) in [5.41, 5.74) is 0.299. The molecule has 0 radical (unpaired) electrons. The summed E-state index contributed by atoms with van der Waals surface area (Å²) >= 11 is 0. The number of carbonyl (C=O) groups excluding carboxylic acids is 1. The Kier molecular flexibility index (Phi) is 3.06. The molecule has 3 heterocycles. The van der Waals surface area contributed by atoms with Crippen molar-refractivity contribution in [2.75, 3.05) is 26.8 Å². The summed E-state index contributed by atoms with van der Waals surface area (Å²) in [5.74, 6) is -0.00516. The maximum absolute atomic E-state index is 12.5. The molecule has 2 fully saturated rings. The maximum Gasteiger partial charge on any atom is 0.272 e. The number of amides is 1. The van der Waals surface area contributed by atoms with Crippen molar-refractivity contribution in [3.63, 3.8) is 0 Å². The molecule has 2 aliphatic rings. The zero-order valence-electron chi connectivity index (χ0n) is 11.3. The minimum atomic E-state index is -0.303. The van der Waals surface area contributed by atoms with Gasteiger partial charge in [-0.3, -0.25) is 9.48 Å². The van der Waals surface area contributed by atoms with Crippen molar-refractivity contribution in [1.29, 1.82) is 0 Å². The first-order valence-corrected chi connectivity index (χ1v) is 6.60. The second kappa shape index (κ2) is 4.61. The molecule has 1 spiro atoms. The second-order valence-electron chi connectivity index (χ2n) is 5.27. The zero-order valence-corrected chi connectivity index (χ0v) is 11.3. The van der Waals surface area contributed by atoms with Crippen molar-refractivity contribution in [3.05, 3.63) is 18.0 Å². The van der Waals surface area contributed by atoms with Crippen LogP contribution in [0.2, 0.25) is 0 Å². The number of likely N-dealkylation sites (tertiary alicyclic amines) is 1. The minimum absolute atomic E-state index is 0.00516. The molecule has 0 bridgehead atoms. The van der Waals surface area contributed by atoms with E-state index in [9.17, 15) is 4.79 Å². The zero-order chi connectivity index (χ0) is 13.5. The maximum atomic E-state index is 12.5. The number of ether oxygens (including phenoxy) is 2. The van der Waals surface area contributed by atoms with Crippen molar-refractivity contribution >= 4 is 5.91 Å². The molecule has 2 aliphatic heterocycles. The molecular weight excluding hydrogens is 246 g/mol. The Bertz CT molecular complexity index is 479. The number of nitrogens with zero attached hydrogens (tertiary/aromatic N) is 3. The molecule has 2 atom stereocenters. The average Bonchev–Trinajstić information content (AvgIpc) is 3.11. The van der Waals surface area contributed by atoms with Gasteiger partial charge in [-0.25, -0.2) is 0 Å². The highest BCUT2D eigenvalue weighted by molar-refractivity contribution is 5.92. The number of carbonyl (C=O) groups is 1. The van der Waals surface area contributed by atoms with Crippen LogP contribution in [0.5, 0.6) is 0 Å². The van der Waals surface area contributed by atoms with E-state index in [0.717, 1.165) is 19.4 Å². The third-order valence-electron chi connectivity index (χ3n) is 4.18. The van der Waals surface area contributed by atoms with Crippen LogP contribution in [0.1, 0.15) is 23.3 Å². The fraction of sp³-hybridized carbons (Fsp3) is 0.692. The van der Waals surface area contributed by atoms with E-state index in [1.807, 2.05) is 4.90 Å². The van der Waals surface area contributed by atoms with Crippen LogP contribution < -0.4 is 0 Å². The summed E-state index contributed by atoms with van der Waals surface area (Å²) in [7, 11) is 3.46. The molecule has 0 aromatic carbocycles. The molecular formula is C13H19N3O3. The predicted molar refractivity (Wildman–Crippen MR) is 67.8 cm³/mol. The normalized spacial score (nSPS) is 30.4. The smallest absolute Gasteiger partial charge is 0.272 e. The summed E-state index contributed by atoms with van der Waals surface area (Å²) in [6, 6.07) is 1.74. The Balaban J connectivity index is 1.81. The van der Waals surface area contributed by atoms with Gasteiger partial charge in [-0.05, 0) is 18.9 Å². The van der Waals surface area contributed by atoms with E-state index in [-0.39, 0.29) is 17.6 Å². The van der Waals surface area contributed by atoms with Crippen molar-refractivity contribution in [1.82, 2.24) is 14.7 Å². The monoisotopic (exact) mass is 265 g/mol. The van der Waals surface area contributed by atoms with E-state index < -0.39 is 0 Å². The van der Waals surface area contributed by atoms with Crippen molar-refractivity contribution in [2.24, 2.45) is 7.05 Å². The van der Waals surface area contributed by atoms with Crippen LogP contribution in [0.4, 0.5) is 0 Å². The predicted octanol–water partition coefficient (Wildman–Crippen LogP) is 0.440. The van der Waals surface area contributed by atoms with Gasteiger partial charge in [-0.15, -0.1) is 0 Å². The van der Waals surface area contributed by atoms with E-state index in [1.54, 1.807) is 31.1 Å². The molecule has 0 aliphatic carbocycles. The Morgan fingerprint density at radius 1 is 1.63 bits per heavy atom. The standard InChI is InChI=1S/C13H19N3O3/c1-15-10(4-6-14-15)12(17)16-8-11(18-2)13(9-16)5-3-7-19-13/h4,6,11H,3,5,7-9H2,1-2H3/t11-,13-/m0/s1. The van der Waals surface area contributed by atoms with Crippen LogP contribution in [-0.2, 0) is 16.5 Å². The lowest BCUT2D eigenvalue weighted by atomic mass is 9.96. The van der Waals surface area contributed by atoms with Crippen molar-refractivity contribution < 1.29 is 14.3 Å². The summed E-state index contributed by atoms with van der Waals surface area (Å²) in [6.45, 7) is 1.95. The van der Waals surface area contributed by atoms with E-state index >= 15 is 0 Å². The van der Waals surface area contributed by atoms with Gasteiger partial charge in [0, 0.05) is 27.0 Å². The van der Waals surface area contributed by atoms with Crippen molar-refractivity contribution in [2.45, 2.75) is 24.5 Å². The molecule has 1 amide bonds. The molecule has 0 unspecified atom stereocenters. The summed E-state index contributed by atoms with van der Waals surface area (Å²) in [4.78, 5) is 14.3. The fourth-order valence-electron chi connectivity index (χ4n) is 3.14. The van der Waals surface area contributed by atoms with E-state index in [4.69, 9.17) is 9.47 Å². The molecule has 1 aromatic heterocycles. The van der Waals surface area contributed by atoms with Crippen LogP contribution >= 0.6 is 0 Å².